The van der Waals surface area contributed by atoms with Crippen molar-refractivity contribution in [3.63, 3.8) is 0 Å². The molecule has 0 spiro atoms. The number of fused-ring (bicyclic) bond motifs is 2. The monoisotopic (exact) mass is 542 g/mol. The molecule has 1 aliphatic rings. The molecule has 1 aliphatic heterocycles. The molecule has 0 atom stereocenters. The Hall–Kier alpha value is -5.17. The van der Waals surface area contributed by atoms with Gasteiger partial charge in [-0.2, -0.15) is 0 Å². The predicted molar refractivity (Wildman–Crippen MR) is 159 cm³/mol. The molecule has 1 N–H and O–H groups in total. The van der Waals surface area contributed by atoms with Crippen LogP contribution in [0.25, 0.3) is 11.1 Å². The Morgan fingerprint density at radius 3 is 2.49 bits per heavy atom. The molecule has 3 aromatic carbocycles. The molecule has 204 valence electrons. The second-order valence-corrected chi connectivity index (χ2v) is 10.0. The minimum absolute atomic E-state index is 0.0945. The Morgan fingerprint density at radius 1 is 0.878 bits per heavy atom. The average molecular weight is 543 g/mol. The Morgan fingerprint density at radius 2 is 1.68 bits per heavy atom. The summed E-state index contributed by atoms with van der Waals surface area (Å²) in [7, 11) is 1.66. The molecule has 0 bridgehead atoms. The number of aryl methyl sites for hydroxylation is 1. The average Bonchev–Trinajstić information content (AvgIpc) is 3.33. The molecule has 7 nitrogen and oxygen atoms in total. The molecular formula is C34H30N4O3. The van der Waals surface area contributed by atoms with E-state index in [9.17, 15) is 9.59 Å². The lowest BCUT2D eigenvalue weighted by Gasteiger charge is -2.23. The van der Waals surface area contributed by atoms with Gasteiger partial charge in [0, 0.05) is 28.7 Å². The van der Waals surface area contributed by atoms with E-state index in [-0.39, 0.29) is 11.8 Å². The molecule has 7 heteroatoms. The first-order valence-corrected chi connectivity index (χ1v) is 13.5. The van der Waals surface area contributed by atoms with Gasteiger partial charge in [-0.25, -0.2) is 0 Å². The van der Waals surface area contributed by atoms with Crippen molar-refractivity contribution in [1.82, 2.24) is 14.9 Å². The summed E-state index contributed by atoms with van der Waals surface area (Å²) in [6.45, 7) is 3.18. The minimum Gasteiger partial charge on any atom is -0.496 e. The van der Waals surface area contributed by atoms with Crippen LogP contribution in [0.3, 0.4) is 0 Å². The first-order valence-electron chi connectivity index (χ1n) is 13.5. The van der Waals surface area contributed by atoms with Crippen LogP contribution in [-0.4, -0.2) is 28.5 Å². The van der Waals surface area contributed by atoms with E-state index >= 15 is 0 Å². The number of hydrogen-bond acceptors (Lipinski definition) is 4. The summed E-state index contributed by atoms with van der Waals surface area (Å²) in [4.78, 5) is 33.3. The third kappa shape index (κ3) is 5.10. The van der Waals surface area contributed by atoms with Crippen molar-refractivity contribution in [1.29, 1.82) is 0 Å². The quantitative estimate of drug-likeness (QED) is 0.285. The number of amides is 2. The summed E-state index contributed by atoms with van der Waals surface area (Å²) < 4.78 is 7.56. The van der Waals surface area contributed by atoms with Crippen molar-refractivity contribution < 1.29 is 14.3 Å². The number of para-hydroxylation sites is 2. The molecule has 6 rings (SSSR count). The van der Waals surface area contributed by atoms with Crippen LogP contribution >= 0.6 is 0 Å². The number of ether oxygens (including phenoxy) is 1. The second kappa shape index (κ2) is 11.1. The van der Waals surface area contributed by atoms with Gasteiger partial charge in [0.25, 0.3) is 11.8 Å². The van der Waals surface area contributed by atoms with Crippen LogP contribution in [0, 0.1) is 6.92 Å². The van der Waals surface area contributed by atoms with Crippen LogP contribution in [0.1, 0.15) is 43.4 Å². The molecule has 0 radical (unpaired) electrons. The number of hydrogen-bond donors (Lipinski definition) is 1. The van der Waals surface area contributed by atoms with Crippen molar-refractivity contribution in [2.75, 3.05) is 12.0 Å². The summed E-state index contributed by atoms with van der Waals surface area (Å²) in [6, 6.07) is 30.9. The fourth-order valence-electron chi connectivity index (χ4n) is 5.43. The van der Waals surface area contributed by atoms with E-state index in [1.165, 1.54) is 0 Å². The molecule has 2 aromatic heterocycles. The molecule has 0 unspecified atom stereocenters. The van der Waals surface area contributed by atoms with Crippen LogP contribution in [0.4, 0.5) is 5.69 Å². The maximum Gasteiger partial charge on any atom is 0.268 e. The predicted octanol–water partition coefficient (Wildman–Crippen LogP) is 6.01. The van der Waals surface area contributed by atoms with Crippen molar-refractivity contribution in [2.45, 2.75) is 26.6 Å². The van der Waals surface area contributed by atoms with E-state index < -0.39 is 0 Å². The summed E-state index contributed by atoms with van der Waals surface area (Å²) in [5, 5.41) is 2.98. The van der Waals surface area contributed by atoms with E-state index in [2.05, 4.69) is 10.3 Å². The molecule has 2 amide bonds. The van der Waals surface area contributed by atoms with Crippen molar-refractivity contribution >= 4 is 17.5 Å². The van der Waals surface area contributed by atoms with Gasteiger partial charge in [0.2, 0.25) is 0 Å². The highest BCUT2D eigenvalue weighted by Crippen LogP contribution is 2.34. The summed E-state index contributed by atoms with van der Waals surface area (Å²) in [5.41, 5.74) is 7.63. The standard InChI is InChI=1S/C34H30N4O3/c1-23-19-24(14-16-28(23)29-11-4-6-13-32(29)41-2)34(40)38-22-27-15-17-31(33(39)36-20-26-10-7-8-18-35-26)37(27)21-25-9-3-5-12-30(25)38/h3-19H,20-22H2,1-2H3,(H,36,39). The number of carbonyl (C=O) groups is 2. The zero-order chi connectivity index (χ0) is 28.3. The molecule has 5 aromatic rings. The number of carbonyl (C=O) groups excluding carboxylic acids is 2. The highest BCUT2D eigenvalue weighted by atomic mass is 16.5. The van der Waals surface area contributed by atoms with Gasteiger partial charge < -0.3 is 19.5 Å². The van der Waals surface area contributed by atoms with E-state index in [4.69, 9.17) is 4.74 Å². The van der Waals surface area contributed by atoms with Crippen LogP contribution in [0.5, 0.6) is 5.75 Å². The van der Waals surface area contributed by atoms with E-state index in [1.807, 2.05) is 109 Å². The molecule has 3 heterocycles. The van der Waals surface area contributed by atoms with Gasteiger partial charge in [0.05, 0.1) is 32.4 Å². The van der Waals surface area contributed by atoms with Gasteiger partial charge in [-0.1, -0.05) is 48.5 Å². The Labute approximate surface area is 239 Å². The zero-order valence-electron chi connectivity index (χ0n) is 23.0. The van der Waals surface area contributed by atoms with Crippen molar-refractivity contribution in [2.24, 2.45) is 0 Å². The first kappa shape index (κ1) is 26.1. The van der Waals surface area contributed by atoms with Gasteiger partial charge in [0.1, 0.15) is 11.4 Å². The lowest BCUT2D eigenvalue weighted by Crippen LogP contribution is -2.31. The number of methoxy groups -OCH3 is 1. The maximum absolute atomic E-state index is 14.1. The number of benzene rings is 3. The lowest BCUT2D eigenvalue weighted by molar-refractivity contribution is 0.0940. The fourth-order valence-corrected chi connectivity index (χ4v) is 5.43. The normalized spacial score (nSPS) is 12.2. The fraction of sp³-hybridized carbons (Fsp3) is 0.147. The first-order chi connectivity index (χ1) is 20.0. The Bertz CT molecular complexity index is 1740. The smallest absolute Gasteiger partial charge is 0.268 e. The summed E-state index contributed by atoms with van der Waals surface area (Å²) in [5.74, 6) is 0.515. The maximum atomic E-state index is 14.1. The van der Waals surface area contributed by atoms with Gasteiger partial charge in [0.15, 0.2) is 0 Å². The van der Waals surface area contributed by atoms with E-state index in [0.29, 0.717) is 30.9 Å². The van der Waals surface area contributed by atoms with Gasteiger partial charge in [-0.3, -0.25) is 14.6 Å². The Balaban J connectivity index is 1.30. The third-order valence-corrected chi connectivity index (χ3v) is 7.51. The van der Waals surface area contributed by atoms with Crippen molar-refractivity contribution in [3.05, 3.63) is 137 Å². The van der Waals surface area contributed by atoms with Gasteiger partial charge in [-0.05, 0) is 72.1 Å². The van der Waals surface area contributed by atoms with Crippen LogP contribution in [0.2, 0.25) is 0 Å². The second-order valence-electron chi connectivity index (χ2n) is 10.0. The number of rotatable bonds is 6. The third-order valence-electron chi connectivity index (χ3n) is 7.51. The van der Waals surface area contributed by atoms with Gasteiger partial charge >= 0.3 is 0 Å². The molecule has 0 saturated heterocycles. The van der Waals surface area contributed by atoms with Crippen LogP contribution in [0.15, 0.2) is 103 Å². The van der Waals surface area contributed by atoms with Crippen LogP contribution < -0.4 is 15.0 Å². The van der Waals surface area contributed by atoms with Crippen molar-refractivity contribution in [3.8, 4) is 16.9 Å². The largest absolute Gasteiger partial charge is 0.496 e. The summed E-state index contributed by atoms with van der Waals surface area (Å²) >= 11 is 0. The topological polar surface area (TPSA) is 76.5 Å². The number of aromatic nitrogens is 2. The number of nitrogens with zero attached hydrogens (tertiary/aromatic N) is 3. The SMILES string of the molecule is COc1ccccc1-c1ccc(C(=O)N2Cc3ccc(C(=O)NCc4ccccn4)n3Cc3ccccc32)cc1C. The minimum atomic E-state index is -0.179. The Kier molecular flexibility index (Phi) is 7.08. The number of pyridine rings is 1. The molecule has 0 fully saturated rings. The molecule has 0 saturated carbocycles. The zero-order valence-corrected chi connectivity index (χ0v) is 23.0. The van der Waals surface area contributed by atoms with Crippen LogP contribution in [-0.2, 0) is 19.6 Å². The molecule has 41 heavy (non-hydrogen) atoms. The highest BCUT2D eigenvalue weighted by molar-refractivity contribution is 6.07. The molecule has 0 aliphatic carbocycles. The lowest BCUT2D eigenvalue weighted by atomic mass is 9.97. The summed E-state index contributed by atoms with van der Waals surface area (Å²) in [6.07, 6.45) is 1.71. The van der Waals surface area contributed by atoms with E-state index in [0.717, 1.165) is 45.1 Å². The van der Waals surface area contributed by atoms with E-state index in [1.54, 1.807) is 18.2 Å². The van der Waals surface area contributed by atoms with Gasteiger partial charge in [-0.15, -0.1) is 0 Å². The molecular weight excluding hydrogens is 512 g/mol. The number of anilines is 1. The highest BCUT2D eigenvalue weighted by Gasteiger charge is 2.27. The number of nitrogens with one attached hydrogen (secondary N) is 1.